The molecule has 0 saturated heterocycles. The predicted molar refractivity (Wildman–Crippen MR) is 163 cm³/mol. The Morgan fingerprint density at radius 3 is 2.57 bits per heavy atom. The van der Waals surface area contributed by atoms with Gasteiger partial charge in [0.1, 0.15) is 11.4 Å². The highest BCUT2D eigenvalue weighted by Gasteiger charge is 2.35. The van der Waals surface area contributed by atoms with Crippen LogP contribution in [0.2, 0.25) is 0 Å². The fourth-order valence-corrected chi connectivity index (χ4v) is 5.88. The molecule has 224 valence electrons. The van der Waals surface area contributed by atoms with Crippen LogP contribution in [0.1, 0.15) is 69.8 Å². The van der Waals surface area contributed by atoms with E-state index >= 15 is 4.39 Å². The molecule has 4 aromatic rings. The Hall–Kier alpha value is -3.57. The lowest BCUT2D eigenvalue weighted by atomic mass is 10.1. The van der Waals surface area contributed by atoms with Gasteiger partial charge in [-0.05, 0) is 95.6 Å². The van der Waals surface area contributed by atoms with Gasteiger partial charge in [0, 0.05) is 24.7 Å². The number of nitrogens with one attached hydrogen (secondary N) is 1. The van der Waals surface area contributed by atoms with Crippen molar-refractivity contribution in [2.24, 2.45) is 0 Å². The first-order valence-corrected chi connectivity index (χ1v) is 15.5. The number of carbonyl (C=O) groups excluding carboxylic acids is 2. The summed E-state index contributed by atoms with van der Waals surface area (Å²) in [6.07, 6.45) is 2.36. The Bertz CT molecular complexity index is 1580. The van der Waals surface area contributed by atoms with Crippen LogP contribution in [-0.2, 0) is 11.3 Å². The molecule has 0 aliphatic heterocycles. The van der Waals surface area contributed by atoms with Crippen LogP contribution in [0.4, 0.5) is 9.18 Å². The molecule has 2 aromatic heterocycles. The van der Waals surface area contributed by atoms with Crippen LogP contribution in [0, 0.1) is 5.82 Å². The van der Waals surface area contributed by atoms with Gasteiger partial charge in [0.05, 0.1) is 15.8 Å². The number of halogens is 1. The summed E-state index contributed by atoms with van der Waals surface area (Å²) in [6, 6.07) is 10.5. The SMILES string of the molecule is CCN(CC)CCCNC(=O)c1ccc2c(c1)sc1nc(-c3ccc(CN(C(=O)OC(C)(C)C)C4CC4)cc3F)nn12. The van der Waals surface area contributed by atoms with Crippen molar-refractivity contribution in [1.82, 2.24) is 29.7 Å². The van der Waals surface area contributed by atoms with Gasteiger partial charge in [-0.25, -0.2) is 13.7 Å². The zero-order chi connectivity index (χ0) is 30.0. The number of hydrogen-bond donors (Lipinski definition) is 1. The van der Waals surface area contributed by atoms with Gasteiger partial charge in [0.15, 0.2) is 5.82 Å². The monoisotopic (exact) mass is 594 g/mol. The topological polar surface area (TPSA) is 92.1 Å². The maximum atomic E-state index is 15.3. The molecule has 0 bridgehead atoms. The lowest BCUT2D eigenvalue weighted by molar-refractivity contribution is 0.0216. The summed E-state index contributed by atoms with van der Waals surface area (Å²) < 4.78 is 23.4. The second-order valence-corrected chi connectivity index (χ2v) is 12.7. The molecule has 1 fully saturated rings. The first-order chi connectivity index (χ1) is 20.1. The summed E-state index contributed by atoms with van der Waals surface area (Å²) in [5.74, 6) is -0.270. The maximum Gasteiger partial charge on any atom is 0.410 e. The molecule has 11 heteroatoms. The predicted octanol–water partition coefficient (Wildman–Crippen LogP) is 6.11. The summed E-state index contributed by atoms with van der Waals surface area (Å²) in [4.78, 5) is 34.6. The van der Waals surface area contributed by atoms with Crippen LogP contribution in [0.25, 0.3) is 26.6 Å². The molecule has 1 N–H and O–H groups in total. The minimum Gasteiger partial charge on any atom is -0.444 e. The highest BCUT2D eigenvalue weighted by Crippen LogP contribution is 2.32. The van der Waals surface area contributed by atoms with E-state index < -0.39 is 11.4 Å². The lowest BCUT2D eigenvalue weighted by Crippen LogP contribution is -2.37. The Morgan fingerprint density at radius 2 is 1.90 bits per heavy atom. The number of hydrogen-bond acceptors (Lipinski definition) is 7. The van der Waals surface area contributed by atoms with E-state index in [9.17, 15) is 9.59 Å². The molecule has 0 atom stereocenters. The summed E-state index contributed by atoms with van der Waals surface area (Å²) in [5, 5.41) is 7.59. The van der Waals surface area contributed by atoms with E-state index in [0.29, 0.717) is 28.2 Å². The quantitative estimate of drug-likeness (QED) is 0.211. The van der Waals surface area contributed by atoms with Crippen molar-refractivity contribution < 1.29 is 18.7 Å². The van der Waals surface area contributed by atoms with Crippen molar-refractivity contribution in [1.29, 1.82) is 0 Å². The van der Waals surface area contributed by atoms with E-state index in [2.05, 4.69) is 34.1 Å². The third-order valence-electron chi connectivity index (χ3n) is 7.30. The average Bonchev–Trinajstić information content (AvgIpc) is 3.61. The number of carbonyl (C=O) groups is 2. The number of ether oxygens (including phenoxy) is 1. The van der Waals surface area contributed by atoms with Gasteiger partial charge >= 0.3 is 6.09 Å². The molecule has 1 aliphatic rings. The van der Waals surface area contributed by atoms with E-state index in [0.717, 1.165) is 49.1 Å². The Labute approximate surface area is 249 Å². The molecule has 0 radical (unpaired) electrons. The van der Waals surface area contributed by atoms with Gasteiger partial charge in [-0.1, -0.05) is 31.3 Å². The first-order valence-electron chi connectivity index (χ1n) is 14.6. The van der Waals surface area contributed by atoms with Crippen molar-refractivity contribution in [2.45, 2.75) is 72.1 Å². The molecule has 1 saturated carbocycles. The minimum atomic E-state index is -0.595. The molecule has 2 heterocycles. The summed E-state index contributed by atoms with van der Waals surface area (Å²) in [5.41, 5.74) is 1.77. The molecular weight excluding hydrogens is 555 g/mol. The van der Waals surface area contributed by atoms with Gasteiger partial charge in [-0.3, -0.25) is 4.79 Å². The third-order valence-corrected chi connectivity index (χ3v) is 8.30. The van der Waals surface area contributed by atoms with E-state index in [4.69, 9.17) is 4.74 Å². The lowest BCUT2D eigenvalue weighted by Gasteiger charge is -2.27. The van der Waals surface area contributed by atoms with Crippen LogP contribution in [0.5, 0.6) is 0 Å². The molecule has 1 aliphatic carbocycles. The standard InChI is InChI=1S/C31H39FN6O3S/c1-6-36(7-2)16-8-15-33-28(39)21-10-14-25-26(18-21)42-29-34-27(35-38(25)29)23-13-9-20(17-24(23)32)19-37(22-11-12-22)30(40)41-31(3,4)5/h9-10,13-14,17-18,22H,6-8,11-12,15-16,19H2,1-5H3,(H,33,39). The molecule has 42 heavy (non-hydrogen) atoms. The van der Waals surface area contributed by atoms with Crippen molar-refractivity contribution in [3.05, 3.63) is 53.3 Å². The van der Waals surface area contributed by atoms with E-state index in [1.165, 1.54) is 17.4 Å². The maximum absolute atomic E-state index is 15.3. The van der Waals surface area contributed by atoms with E-state index in [-0.39, 0.29) is 30.4 Å². The second-order valence-electron chi connectivity index (χ2n) is 11.7. The Balaban J connectivity index is 1.28. The summed E-state index contributed by atoms with van der Waals surface area (Å²) in [6.45, 7) is 13.6. The highest BCUT2D eigenvalue weighted by atomic mass is 32.1. The highest BCUT2D eigenvalue weighted by molar-refractivity contribution is 7.23. The first kappa shape index (κ1) is 29.9. The van der Waals surface area contributed by atoms with Crippen molar-refractivity contribution in [2.75, 3.05) is 26.2 Å². The van der Waals surface area contributed by atoms with Gasteiger partial charge in [-0.2, -0.15) is 4.98 Å². The molecule has 5 rings (SSSR count). The third kappa shape index (κ3) is 6.90. The van der Waals surface area contributed by atoms with E-state index in [1.807, 2.05) is 32.9 Å². The number of thiazole rings is 1. The van der Waals surface area contributed by atoms with Crippen molar-refractivity contribution >= 4 is 38.5 Å². The number of aromatic nitrogens is 3. The number of rotatable bonds is 11. The molecular formula is C31H39FN6O3S. The number of amides is 2. The van der Waals surface area contributed by atoms with Crippen molar-refractivity contribution in [3.8, 4) is 11.4 Å². The fourth-order valence-electron chi connectivity index (χ4n) is 4.88. The summed E-state index contributed by atoms with van der Waals surface area (Å²) >= 11 is 1.40. The minimum absolute atomic E-state index is 0.106. The molecule has 9 nitrogen and oxygen atoms in total. The Kier molecular flexibility index (Phi) is 8.79. The van der Waals surface area contributed by atoms with Crippen LogP contribution in [0.15, 0.2) is 36.4 Å². The van der Waals surface area contributed by atoms with Gasteiger partial charge in [0.2, 0.25) is 4.96 Å². The van der Waals surface area contributed by atoms with E-state index in [1.54, 1.807) is 27.6 Å². The van der Waals surface area contributed by atoms with Crippen LogP contribution in [-0.4, -0.2) is 74.2 Å². The van der Waals surface area contributed by atoms with Gasteiger partial charge in [-0.15, -0.1) is 5.10 Å². The molecule has 2 amide bonds. The van der Waals surface area contributed by atoms with Gasteiger partial charge in [0.25, 0.3) is 5.91 Å². The molecule has 0 unspecified atom stereocenters. The number of benzene rings is 2. The normalized spacial score (nSPS) is 13.7. The second kappa shape index (κ2) is 12.3. The van der Waals surface area contributed by atoms with Crippen LogP contribution < -0.4 is 5.32 Å². The average molecular weight is 595 g/mol. The number of nitrogens with zero attached hydrogens (tertiary/aromatic N) is 5. The largest absolute Gasteiger partial charge is 0.444 e. The van der Waals surface area contributed by atoms with Crippen molar-refractivity contribution in [3.63, 3.8) is 0 Å². The zero-order valence-electron chi connectivity index (χ0n) is 24.9. The molecule has 2 aromatic carbocycles. The Morgan fingerprint density at radius 1 is 1.14 bits per heavy atom. The number of fused-ring (bicyclic) bond motifs is 3. The van der Waals surface area contributed by atoms with Gasteiger partial charge < -0.3 is 19.9 Å². The smallest absolute Gasteiger partial charge is 0.410 e. The van der Waals surface area contributed by atoms with Crippen LogP contribution in [0.3, 0.4) is 0 Å². The summed E-state index contributed by atoms with van der Waals surface area (Å²) in [7, 11) is 0. The zero-order valence-corrected chi connectivity index (χ0v) is 25.8. The molecule has 0 spiro atoms. The fraction of sp³-hybridized carbons (Fsp3) is 0.484. The van der Waals surface area contributed by atoms with Crippen LogP contribution >= 0.6 is 11.3 Å².